The lowest BCUT2D eigenvalue weighted by Crippen LogP contribution is -2.27. The van der Waals surface area contributed by atoms with E-state index in [0.717, 1.165) is 17.1 Å². The maximum absolute atomic E-state index is 12.8. The van der Waals surface area contributed by atoms with Crippen molar-refractivity contribution in [3.05, 3.63) is 64.8 Å². The number of nitrogens with zero attached hydrogens (tertiary/aromatic N) is 1. The van der Waals surface area contributed by atoms with E-state index in [1.54, 1.807) is 42.2 Å². The minimum atomic E-state index is -0.237. The van der Waals surface area contributed by atoms with Gasteiger partial charge in [0.1, 0.15) is 5.82 Å². The van der Waals surface area contributed by atoms with Crippen LogP contribution in [0.25, 0.3) is 0 Å². The first-order valence-corrected chi connectivity index (χ1v) is 8.44. The van der Waals surface area contributed by atoms with Gasteiger partial charge in [0, 0.05) is 36.7 Å². The maximum Gasteiger partial charge on any atom is 0.250 e. The second kappa shape index (κ2) is 9.15. The largest absolute Gasteiger partial charge is 0.356 e. The standard InChI is InChI=1S/C17H19FN2O2S/c18-14-5-7-15(8-6-14)23-13-3-10-19-16(21)9-12-20-11-2-1-4-17(20)22/h1-2,4-8,11H,3,9-10,12-13H2,(H,19,21). The van der Waals surface area contributed by atoms with Crippen molar-refractivity contribution < 1.29 is 9.18 Å². The average molecular weight is 334 g/mol. The van der Waals surface area contributed by atoms with Crippen LogP contribution in [0.3, 0.4) is 0 Å². The molecule has 0 fully saturated rings. The molecule has 0 aliphatic rings. The van der Waals surface area contributed by atoms with E-state index in [1.165, 1.54) is 22.8 Å². The van der Waals surface area contributed by atoms with Gasteiger partial charge in [0.2, 0.25) is 5.91 Å². The number of pyridine rings is 1. The molecular weight excluding hydrogens is 315 g/mol. The summed E-state index contributed by atoms with van der Waals surface area (Å²) < 4.78 is 14.3. The van der Waals surface area contributed by atoms with Crippen LogP contribution in [0.2, 0.25) is 0 Å². The van der Waals surface area contributed by atoms with Crippen LogP contribution in [0, 0.1) is 5.82 Å². The van der Waals surface area contributed by atoms with Crippen LogP contribution in [-0.2, 0) is 11.3 Å². The van der Waals surface area contributed by atoms with E-state index in [1.807, 2.05) is 0 Å². The van der Waals surface area contributed by atoms with Gasteiger partial charge in [-0.15, -0.1) is 11.8 Å². The third-order valence-corrected chi connectivity index (χ3v) is 4.30. The van der Waals surface area contributed by atoms with Gasteiger partial charge in [-0.1, -0.05) is 6.07 Å². The number of aryl methyl sites for hydroxylation is 1. The lowest BCUT2D eigenvalue weighted by molar-refractivity contribution is -0.121. The first-order chi connectivity index (χ1) is 11.1. The van der Waals surface area contributed by atoms with Gasteiger partial charge in [-0.05, 0) is 42.5 Å². The van der Waals surface area contributed by atoms with Crippen molar-refractivity contribution in [1.29, 1.82) is 0 Å². The van der Waals surface area contributed by atoms with E-state index in [2.05, 4.69) is 5.32 Å². The normalized spacial score (nSPS) is 10.5. The van der Waals surface area contributed by atoms with Gasteiger partial charge in [0.15, 0.2) is 0 Å². The van der Waals surface area contributed by atoms with Crippen LogP contribution in [0.1, 0.15) is 12.8 Å². The Morgan fingerprint density at radius 3 is 2.70 bits per heavy atom. The molecule has 0 saturated carbocycles. The SMILES string of the molecule is O=C(CCn1ccccc1=O)NCCCSc1ccc(F)cc1. The van der Waals surface area contributed by atoms with Crippen LogP contribution in [0.5, 0.6) is 0 Å². The predicted molar refractivity (Wildman–Crippen MR) is 90.1 cm³/mol. The monoisotopic (exact) mass is 334 g/mol. The molecule has 1 aromatic heterocycles. The number of rotatable bonds is 8. The van der Waals surface area contributed by atoms with Gasteiger partial charge in [0.05, 0.1) is 0 Å². The van der Waals surface area contributed by atoms with Crippen LogP contribution in [-0.4, -0.2) is 22.8 Å². The molecule has 0 aliphatic heterocycles. The molecule has 1 heterocycles. The van der Waals surface area contributed by atoms with E-state index in [-0.39, 0.29) is 23.7 Å². The molecule has 0 spiro atoms. The first kappa shape index (κ1) is 17.3. The fourth-order valence-electron chi connectivity index (χ4n) is 1.98. The minimum absolute atomic E-state index is 0.0625. The van der Waals surface area contributed by atoms with E-state index in [0.29, 0.717) is 13.1 Å². The molecule has 122 valence electrons. The number of amides is 1. The van der Waals surface area contributed by atoms with Crippen molar-refractivity contribution in [3.8, 4) is 0 Å². The summed E-state index contributed by atoms with van der Waals surface area (Å²) in [5.41, 5.74) is -0.101. The van der Waals surface area contributed by atoms with Gasteiger partial charge in [-0.25, -0.2) is 4.39 Å². The molecule has 0 saturated heterocycles. The predicted octanol–water partition coefficient (Wildman–Crippen LogP) is 2.68. The Labute approximate surface area is 138 Å². The molecule has 0 aliphatic carbocycles. The van der Waals surface area contributed by atoms with Crippen LogP contribution in [0.4, 0.5) is 4.39 Å². The van der Waals surface area contributed by atoms with E-state index in [9.17, 15) is 14.0 Å². The lowest BCUT2D eigenvalue weighted by Gasteiger charge is -2.07. The summed E-state index contributed by atoms with van der Waals surface area (Å²) in [6.45, 7) is 0.979. The number of carbonyl (C=O) groups is 1. The van der Waals surface area contributed by atoms with Crippen molar-refractivity contribution in [1.82, 2.24) is 9.88 Å². The number of halogens is 1. The Morgan fingerprint density at radius 2 is 1.96 bits per heavy atom. The number of thioether (sulfide) groups is 1. The summed E-state index contributed by atoms with van der Waals surface area (Å²) in [4.78, 5) is 24.2. The van der Waals surface area contributed by atoms with Crippen LogP contribution >= 0.6 is 11.8 Å². The van der Waals surface area contributed by atoms with Crippen molar-refractivity contribution in [2.45, 2.75) is 24.3 Å². The fraction of sp³-hybridized carbons (Fsp3) is 0.294. The molecule has 0 atom stereocenters. The summed E-state index contributed by atoms with van der Waals surface area (Å²) >= 11 is 1.63. The van der Waals surface area contributed by atoms with Gasteiger partial charge in [-0.2, -0.15) is 0 Å². The summed E-state index contributed by atoms with van der Waals surface area (Å²) in [6.07, 6.45) is 2.79. The van der Waals surface area contributed by atoms with Gasteiger partial charge in [-0.3, -0.25) is 9.59 Å². The Kier molecular flexibility index (Phi) is 6.87. The van der Waals surface area contributed by atoms with Crippen molar-refractivity contribution in [3.63, 3.8) is 0 Å². The summed E-state index contributed by atoms with van der Waals surface area (Å²) in [5.74, 6) is 0.552. The summed E-state index contributed by atoms with van der Waals surface area (Å²) in [6, 6.07) is 11.3. The smallest absolute Gasteiger partial charge is 0.250 e. The second-order valence-corrected chi connectivity index (χ2v) is 6.16. The number of hydrogen-bond acceptors (Lipinski definition) is 3. The Balaban J connectivity index is 1.59. The zero-order chi connectivity index (χ0) is 16.5. The quantitative estimate of drug-likeness (QED) is 0.596. The molecule has 1 N–H and O–H groups in total. The topological polar surface area (TPSA) is 51.1 Å². The van der Waals surface area contributed by atoms with Crippen molar-refractivity contribution in [2.75, 3.05) is 12.3 Å². The molecule has 4 nitrogen and oxygen atoms in total. The molecule has 2 aromatic rings. The van der Waals surface area contributed by atoms with Crippen LogP contribution in [0.15, 0.2) is 58.4 Å². The van der Waals surface area contributed by atoms with Gasteiger partial charge >= 0.3 is 0 Å². The zero-order valence-electron chi connectivity index (χ0n) is 12.7. The molecule has 0 unspecified atom stereocenters. The molecule has 0 bridgehead atoms. The van der Waals surface area contributed by atoms with Gasteiger partial charge < -0.3 is 9.88 Å². The highest BCUT2D eigenvalue weighted by molar-refractivity contribution is 7.99. The third kappa shape index (κ3) is 6.28. The summed E-state index contributed by atoms with van der Waals surface area (Å²) in [5, 5.41) is 2.84. The highest BCUT2D eigenvalue weighted by Gasteiger charge is 2.02. The molecular formula is C17H19FN2O2S. The highest BCUT2D eigenvalue weighted by atomic mass is 32.2. The molecule has 2 rings (SSSR count). The maximum atomic E-state index is 12.8. The van der Waals surface area contributed by atoms with Gasteiger partial charge in [0.25, 0.3) is 5.56 Å². The molecule has 23 heavy (non-hydrogen) atoms. The summed E-state index contributed by atoms with van der Waals surface area (Å²) in [7, 11) is 0. The highest BCUT2D eigenvalue weighted by Crippen LogP contribution is 2.18. The number of nitrogens with one attached hydrogen (secondary N) is 1. The zero-order valence-corrected chi connectivity index (χ0v) is 13.5. The Hall–Kier alpha value is -2.08. The van der Waals surface area contributed by atoms with Crippen molar-refractivity contribution in [2.24, 2.45) is 0 Å². The second-order valence-electron chi connectivity index (χ2n) is 4.99. The number of carbonyl (C=O) groups excluding carboxylic acids is 1. The molecule has 1 aromatic carbocycles. The lowest BCUT2D eigenvalue weighted by atomic mass is 10.3. The van der Waals surface area contributed by atoms with E-state index < -0.39 is 0 Å². The first-order valence-electron chi connectivity index (χ1n) is 7.46. The number of aromatic nitrogens is 1. The van der Waals surface area contributed by atoms with Crippen molar-refractivity contribution >= 4 is 17.7 Å². The Bertz CT molecular complexity index is 685. The average Bonchev–Trinajstić information content (AvgIpc) is 2.55. The fourth-order valence-corrected chi connectivity index (χ4v) is 2.83. The number of benzene rings is 1. The van der Waals surface area contributed by atoms with E-state index in [4.69, 9.17) is 0 Å². The third-order valence-electron chi connectivity index (χ3n) is 3.20. The Morgan fingerprint density at radius 1 is 1.17 bits per heavy atom. The number of hydrogen-bond donors (Lipinski definition) is 1. The minimum Gasteiger partial charge on any atom is -0.356 e. The molecule has 6 heteroatoms. The molecule has 0 radical (unpaired) electrons. The molecule has 1 amide bonds. The van der Waals surface area contributed by atoms with Crippen LogP contribution < -0.4 is 10.9 Å². The van der Waals surface area contributed by atoms with E-state index >= 15 is 0 Å².